The van der Waals surface area contributed by atoms with Gasteiger partial charge in [-0.15, -0.1) is 11.3 Å². The Morgan fingerprint density at radius 3 is 3.16 bits per heavy atom. The first kappa shape index (κ1) is 14.9. The molecule has 1 aromatic heterocycles. The molecule has 1 atom stereocenters. The van der Waals surface area contributed by atoms with Crippen LogP contribution in [0.1, 0.15) is 29.7 Å². The van der Waals surface area contributed by atoms with Gasteiger partial charge in [0.15, 0.2) is 0 Å². The summed E-state index contributed by atoms with van der Waals surface area (Å²) in [5.41, 5.74) is 0. The summed E-state index contributed by atoms with van der Waals surface area (Å²) >= 11 is 1.81. The Balaban J connectivity index is 1.57. The number of hydrogen-bond acceptors (Lipinski definition) is 5. The Morgan fingerprint density at radius 2 is 2.47 bits per heavy atom. The second-order valence-corrected chi connectivity index (χ2v) is 6.22. The second kappa shape index (κ2) is 7.94. The summed E-state index contributed by atoms with van der Waals surface area (Å²) in [6, 6.07) is 0. The van der Waals surface area contributed by atoms with Gasteiger partial charge in [0.05, 0.1) is 24.3 Å². The summed E-state index contributed by atoms with van der Waals surface area (Å²) < 4.78 is 11.2. The monoisotopic (exact) mass is 284 g/mol. The number of hydrogen-bond donors (Lipinski definition) is 0. The molecule has 0 saturated carbocycles. The van der Waals surface area contributed by atoms with Crippen LogP contribution in [0.25, 0.3) is 0 Å². The van der Waals surface area contributed by atoms with Crippen molar-refractivity contribution in [3.8, 4) is 0 Å². The summed E-state index contributed by atoms with van der Waals surface area (Å²) in [4.78, 5) is 7.99. The number of aromatic nitrogens is 1. The van der Waals surface area contributed by atoms with Crippen LogP contribution < -0.4 is 0 Å². The first-order valence-corrected chi connectivity index (χ1v) is 7.91. The quantitative estimate of drug-likeness (QED) is 0.686. The van der Waals surface area contributed by atoms with Gasteiger partial charge in [-0.2, -0.15) is 0 Å². The van der Waals surface area contributed by atoms with Crippen molar-refractivity contribution < 1.29 is 9.47 Å². The second-order valence-electron chi connectivity index (χ2n) is 5.02. The number of aryl methyl sites for hydroxylation is 1. The summed E-state index contributed by atoms with van der Waals surface area (Å²) in [6.45, 7) is 6.47. The lowest BCUT2D eigenvalue weighted by Gasteiger charge is -2.16. The van der Waals surface area contributed by atoms with Gasteiger partial charge in [0.1, 0.15) is 0 Å². The lowest BCUT2D eigenvalue weighted by molar-refractivity contribution is 0.0117. The van der Waals surface area contributed by atoms with Crippen LogP contribution in [0.2, 0.25) is 0 Å². The molecule has 5 heteroatoms. The van der Waals surface area contributed by atoms with Crippen LogP contribution in [-0.2, 0) is 22.4 Å². The van der Waals surface area contributed by atoms with Crippen molar-refractivity contribution in [3.63, 3.8) is 0 Å². The van der Waals surface area contributed by atoms with Gasteiger partial charge < -0.3 is 9.47 Å². The van der Waals surface area contributed by atoms with Crippen LogP contribution in [-0.4, -0.2) is 49.4 Å². The first-order chi connectivity index (χ1) is 9.28. The zero-order chi connectivity index (χ0) is 13.5. The molecule has 0 aromatic carbocycles. The van der Waals surface area contributed by atoms with E-state index in [0.717, 1.165) is 45.8 Å². The highest BCUT2D eigenvalue weighted by molar-refractivity contribution is 7.11. The topological polar surface area (TPSA) is 34.6 Å². The van der Waals surface area contributed by atoms with Crippen molar-refractivity contribution in [3.05, 3.63) is 16.1 Å². The first-order valence-electron chi connectivity index (χ1n) is 7.09. The predicted molar refractivity (Wildman–Crippen MR) is 77.6 cm³/mol. The minimum Gasteiger partial charge on any atom is -0.377 e. The molecule has 2 rings (SSSR count). The Labute approximate surface area is 119 Å². The molecule has 1 aromatic rings. The van der Waals surface area contributed by atoms with Crippen molar-refractivity contribution >= 4 is 11.3 Å². The maximum absolute atomic E-state index is 5.67. The van der Waals surface area contributed by atoms with E-state index in [4.69, 9.17) is 9.47 Å². The Bertz CT molecular complexity index is 364. The molecule has 0 radical (unpaired) electrons. The van der Waals surface area contributed by atoms with Crippen molar-refractivity contribution in [1.29, 1.82) is 0 Å². The van der Waals surface area contributed by atoms with Crippen LogP contribution in [0, 0.1) is 0 Å². The van der Waals surface area contributed by atoms with Gasteiger partial charge in [-0.1, -0.05) is 6.92 Å². The molecule has 1 saturated heterocycles. The summed E-state index contributed by atoms with van der Waals surface area (Å²) in [6.07, 6.45) is 5.68. The molecule has 1 aliphatic heterocycles. The minimum absolute atomic E-state index is 0.332. The van der Waals surface area contributed by atoms with Gasteiger partial charge in [0, 0.05) is 30.8 Å². The zero-order valence-corrected chi connectivity index (χ0v) is 12.7. The highest BCUT2D eigenvalue weighted by Crippen LogP contribution is 2.15. The largest absolute Gasteiger partial charge is 0.377 e. The molecule has 2 heterocycles. The number of likely N-dealkylation sites (N-methyl/N-ethyl adjacent to an activating group) is 1. The molecule has 0 unspecified atom stereocenters. The smallest absolute Gasteiger partial charge is 0.0925 e. The molecule has 0 N–H and O–H groups in total. The third kappa shape index (κ3) is 5.18. The summed E-state index contributed by atoms with van der Waals surface area (Å²) in [5, 5.41) is 1.22. The lowest BCUT2D eigenvalue weighted by atomic mass is 10.2. The minimum atomic E-state index is 0.332. The molecule has 4 nitrogen and oxygen atoms in total. The van der Waals surface area contributed by atoms with E-state index in [1.54, 1.807) is 0 Å². The highest BCUT2D eigenvalue weighted by Gasteiger charge is 2.15. The van der Waals surface area contributed by atoms with E-state index in [1.807, 2.05) is 17.5 Å². The van der Waals surface area contributed by atoms with E-state index in [2.05, 4.69) is 23.9 Å². The third-order valence-electron chi connectivity index (χ3n) is 3.27. The number of nitrogens with zero attached hydrogens (tertiary/aromatic N) is 2. The molecule has 1 fully saturated rings. The normalized spacial score (nSPS) is 19.4. The molecule has 19 heavy (non-hydrogen) atoms. The van der Waals surface area contributed by atoms with Gasteiger partial charge in [-0.05, 0) is 26.3 Å². The van der Waals surface area contributed by atoms with Gasteiger partial charge in [-0.3, -0.25) is 4.90 Å². The molecule has 0 aliphatic carbocycles. The maximum Gasteiger partial charge on any atom is 0.0925 e. The van der Waals surface area contributed by atoms with Gasteiger partial charge >= 0.3 is 0 Å². The SMILES string of the molecule is CCc1ncc(CN(C)CCOC[C@@H]2CCCO2)s1. The summed E-state index contributed by atoms with van der Waals surface area (Å²) in [7, 11) is 2.13. The van der Waals surface area contributed by atoms with Gasteiger partial charge in [-0.25, -0.2) is 4.98 Å². The lowest BCUT2D eigenvalue weighted by Crippen LogP contribution is -2.24. The van der Waals surface area contributed by atoms with Crippen LogP contribution in [0.4, 0.5) is 0 Å². The van der Waals surface area contributed by atoms with E-state index in [0.29, 0.717) is 6.10 Å². The van der Waals surface area contributed by atoms with Crippen LogP contribution in [0.5, 0.6) is 0 Å². The van der Waals surface area contributed by atoms with Crippen LogP contribution >= 0.6 is 11.3 Å². The molecule has 1 aliphatic rings. The van der Waals surface area contributed by atoms with Crippen LogP contribution in [0.15, 0.2) is 6.20 Å². The highest BCUT2D eigenvalue weighted by atomic mass is 32.1. The molecule has 0 amide bonds. The Hall–Kier alpha value is -0.490. The van der Waals surface area contributed by atoms with Gasteiger partial charge in [0.2, 0.25) is 0 Å². The number of ether oxygens (including phenoxy) is 2. The zero-order valence-electron chi connectivity index (χ0n) is 11.9. The molecular formula is C14H24N2O2S. The third-order valence-corrected chi connectivity index (χ3v) is 4.40. The van der Waals surface area contributed by atoms with E-state index in [1.165, 1.54) is 16.3 Å². The standard InChI is InChI=1S/C14H24N2O2S/c1-3-14-15-9-13(19-14)10-16(2)6-8-17-11-12-5-4-7-18-12/h9,12H,3-8,10-11H2,1-2H3/t12-/m0/s1. The number of thiazole rings is 1. The van der Waals surface area contributed by atoms with E-state index >= 15 is 0 Å². The Morgan fingerprint density at radius 1 is 1.58 bits per heavy atom. The fourth-order valence-corrected chi connectivity index (χ4v) is 3.08. The van der Waals surface area contributed by atoms with Crippen molar-refractivity contribution in [2.75, 3.05) is 33.4 Å². The molecule has 0 bridgehead atoms. The van der Waals surface area contributed by atoms with Gasteiger partial charge in [0.25, 0.3) is 0 Å². The fourth-order valence-electron chi connectivity index (χ4n) is 2.14. The summed E-state index contributed by atoms with van der Waals surface area (Å²) in [5.74, 6) is 0. The average Bonchev–Trinajstić information content (AvgIpc) is 3.05. The van der Waals surface area contributed by atoms with Crippen molar-refractivity contribution in [1.82, 2.24) is 9.88 Å². The van der Waals surface area contributed by atoms with Crippen molar-refractivity contribution in [2.24, 2.45) is 0 Å². The molecular weight excluding hydrogens is 260 g/mol. The van der Waals surface area contributed by atoms with Crippen molar-refractivity contribution in [2.45, 2.75) is 38.8 Å². The molecule has 108 valence electrons. The average molecular weight is 284 g/mol. The maximum atomic E-state index is 5.67. The predicted octanol–water partition coefficient (Wildman–Crippen LogP) is 2.33. The number of rotatable bonds is 8. The fraction of sp³-hybridized carbons (Fsp3) is 0.786. The van der Waals surface area contributed by atoms with E-state index in [9.17, 15) is 0 Å². The van der Waals surface area contributed by atoms with E-state index < -0.39 is 0 Å². The Kier molecular flexibility index (Phi) is 6.23. The van der Waals surface area contributed by atoms with Crippen LogP contribution in [0.3, 0.4) is 0 Å². The molecule has 0 spiro atoms. The van der Waals surface area contributed by atoms with E-state index in [-0.39, 0.29) is 0 Å².